The van der Waals surface area contributed by atoms with Crippen LogP contribution in [0.4, 0.5) is 0 Å². The van der Waals surface area contributed by atoms with Gasteiger partial charge in [-0.15, -0.1) is 0 Å². The normalized spacial score (nSPS) is 16.5. The van der Waals surface area contributed by atoms with Gasteiger partial charge < -0.3 is 4.74 Å². The third-order valence-corrected chi connectivity index (χ3v) is 8.28. The molecule has 0 unspecified atom stereocenters. The van der Waals surface area contributed by atoms with Gasteiger partial charge in [-0.3, -0.25) is 0 Å². The highest BCUT2D eigenvalue weighted by Crippen LogP contribution is 2.34. The van der Waals surface area contributed by atoms with Crippen LogP contribution in [0.2, 0.25) is 10.0 Å². The van der Waals surface area contributed by atoms with E-state index < -0.39 is 10.0 Å². The maximum absolute atomic E-state index is 13.0. The summed E-state index contributed by atoms with van der Waals surface area (Å²) >= 11 is 13.6. The molecule has 0 N–H and O–H groups in total. The minimum absolute atomic E-state index is 0.0775. The number of thiazole rings is 1. The van der Waals surface area contributed by atoms with Crippen molar-refractivity contribution in [3.63, 3.8) is 0 Å². The molecule has 0 bridgehead atoms. The quantitative estimate of drug-likeness (QED) is 0.544. The van der Waals surface area contributed by atoms with Gasteiger partial charge in [0.25, 0.3) is 5.19 Å². The zero-order valence-electron chi connectivity index (χ0n) is 15.1. The van der Waals surface area contributed by atoms with Crippen molar-refractivity contribution in [1.82, 2.24) is 9.29 Å². The number of halogens is 2. The van der Waals surface area contributed by atoms with E-state index in [4.69, 9.17) is 27.9 Å². The predicted molar refractivity (Wildman–Crippen MR) is 113 cm³/mol. The van der Waals surface area contributed by atoms with Crippen molar-refractivity contribution in [2.45, 2.75) is 30.8 Å². The van der Waals surface area contributed by atoms with Crippen LogP contribution in [0, 0.1) is 6.92 Å². The highest BCUT2D eigenvalue weighted by atomic mass is 35.5. The summed E-state index contributed by atoms with van der Waals surface area (Å²) in [6.07, 6.45) is 1.12. The third-order valence-electron chi connectivity index (χ3n) is 4.79. The van der Waals surface area contributed by atoms with Crippen molar-refractivity contribution in [2.75, 3.05) is 13.1 Å². The predicted octanol–water partition coefficient (Wildman–Crippen LogP) is 5.14. The van der Waals surface area contributed by atoms with Crippen LogP contribution < -0.4 is 4.74 Å². The first kappa shape index (κ1) is 19.9. The fraction of sp³-hybridized carbons (Fsp3) is 0.316. The molecule has 1 aliphatic rings. The van der Waals surface area contributed by atoms with Crippen molar-refractivity contribution in [3.05, 3.63) is 52.0 Å². The van der Waals surface area contributed by atoms with Gasteiger partial charge in [0.2, 0.25) is 10.0 Å². The monoisotopic (exact) mass is 456 g/mol. The van der Waals surface area contributed by atoms with Crippen molar-refractivity contribution < 1.29 is 13.2 Å². The number of benzene rings is 2. The number of hydrogen-bond acceptors (Lipinski definition) is 5. The SMILES string of the molecule is Cc1ccc(Cl)cc1S(=O)(=O)N1CCC(Oc2nc3c(Cl)cccc3s2)CC1. The second-order valence-corrected chi connectivity index (χ2v) is 10.4. The van der Waals surface area contributed by atoms with Crippen LogP contribution in [-0.2, 0) is 10.0 Å². The topological polar surface area (TPSA) is 59.5 Å². The van der Waals surface area contributed by atoms with Crippen molar-refractivity contribution >= 4 is 54.8 Å². The Bertz CT molecular complexity index is 1120. The average Bonchev–Trinajstić information content (AvgIpc) is 3.08. The van der Waals surface area contributed by atoms with Gasteiger partial charge >= 0.3 is 0 Å². The van der Waals surface area contributed by atoms with Crippen LogP contribution in [0.5, 0.6) is 5.19 Å². The molecule has 4 rings (SSSR count). The van der Waals surface area contributed by atoms with Gasteiger partial charge in [-0.2, -0.15) is 4.31 Å². The Morgan fingerprint density at radius 1 is 1.18 bits per heavy atom. The van der Waals surface area contributed by atoms with Gasteiger partial charge in [0.1, 0.15) is 11.6 Å². The molecule has 9 heteroatoms. The lowest BCUT2D eigenvalue weighted by Gasteiger charge is -2.31. The molecule has 0 amide bonds. The maximum atomic E-state index is 13.0. The first-order valence-electron chi connectivity index (χ1n) is 8.82. The summed E-state index contributed by atoms with van der Waals surface area (Å²) in [5, 5.41) is 1.58. The van der Waals surface area contributed by atoms with Crippen LogP contribution in [0.15, 0.2) is 41.3 Å². The molecule has 0 atom stereocenters. The smallest absolute Gasteiger partial charge is 0.274 e. The molecular formula is C19H18Cl2N2O3S2. The Labute approximate surface area is 177 Å². The standard InChI is InChI=1S/C19H18Cl2N2O3S2/c1-12-5-6-13(20)11-17(12)28(24,25)23-9-7-14(8-10-23)26-19-22-18-15(21)3-2-4-16(18)27-19/h2-6,11,14H,7-10H2,1H3. The fourth-order valence-electron chi connectivity index (χ4n) is 3.27. The van der Waals surface area contributed by atoms with Gasteiger partial charge in [-0.05, 0) is 49.6 Å². The number of piperidine rings is 1. The average molecular weight is 457 g/mol. The Morgan fingerprint density at radius 3 is 2.64 bits per heavy atom. The van der Waals surface area contributed by atoms with Crippen LogP contribution in [-0.4, -0.2) is 36.9 Å². The second-order valence-electron chi connectivity index (χ2n) is 6.70. The molecule has 1 aromatic heterocycles. The number of aromatic nitrogens is 1. The van der Waals surface area contributed by atoms with Gasteiger partial charge in [-0.1, -0.05) is 46.7 Å². The highest BCUT2D eigenvalue weighted by molar-refractivity contribution is 7.89. The number of rotatable bonds is 4. The van der Waals surface area contributed by atoms with E-state index >= 15 is 0 Å². The molecule has 2 aromatic carbocycles. The van der Waals surface area contributed by atoms with E-state index in [2.05, 4.69) is 4.98 Å². The summed E-state index contributed by atoms with van der Waals surface area (Å²) < 4.78 is 34.4. The lowest BCUT2D eigenvalue weighted by Crippen LogP contribution is -2.41. The minimum atomic E-state index is -3.57. The second kappa shape index (κ2) is 7.80. The first-order valence-corrected chi connectivity index (χ1v) is 11.8. The first-order chi connectivity index (χ1) is 13.3. The third kappa shape index (κ3) is 3.86. The number of sulfonamides is 1. The number of ether oxygens (including phenoxy) is 1. The van der Waals surface area contributed by atoms with Gasteiger partial charge in [-0.25, -0.2) is 13.4 Å². The van der Waals surface area contributed by atoms with Gasteiger partial charge in [0, 0.05) is 18.1 Å². The van der Waals surface area contributed by atoms with E-state index in [1.165, 1.54) is 21.7 Å². The maximum Gasteiger partial charge on any atom is 0.274 e. The summed E-state index contributed by atoms with van der Waals surface area (Å²) in [5.41, 5.74) is 1.43. The number of para-hydroxylation sites is 1. The molecule has 3 aromatic rings. The van der Waals surface area contributed by atoms with Crippen molar-refractivity contribution in [2.24, 2.45) is 0 Å². The van der Waals surface area contributed by atoms with Crippen LogP contribution in [0.25, 0.3) is 10.2 Å². The number of aryl methyl sites for hydroxylation is 1. The summed E-state index contributed by atoms with van der Waals surface area (Å²) in [6.45, 7) is 2.56. The molecule has 0 spiro atoms. The zero-order chi connectivity index (χ0) is 19.9. The summed E-state index contributed by atoms with van der Waals surface area (Å²) in [6, 6.07) is 10.6. The van der Waals surface area contributed by atoms with Crippen LogP contribution in [0.3, 0.4) is 0 Å². The van der Waals surface area contributed by atoms with Crippen molar-refractivity contribution in [1.29, 1.82) is 0 Å². The molecule has 0 saturated carbocycles. The molecule has 5 nitrogen and oxygen atoms in total. The molecule has 1 saturated heterocycles. The fourth-order valence-corrected chi connectivity index (χ4v) is 6.41. The van der Waals surface area contributed by atoms with E-state index in [0.29, 0.717) is 46.7 Å². The molecule has 28 heavy (non-hydrogen) atoms. The van der Waals surface area contributed by atoms with E-state index in [-0.39, 0.29) is 11.0 Å². The van der Waals surface area contributed by atoms with Gasteiger partial charge in [0.15, 0.2) is 0 Å². The van der Waals surface area contributed by atoms with Crippen LogP contribution >= 0.6 is 34.5 Å². The Morgan fingerprint density at radius 2 is 1.93 bits per heavy atom. The molecule has 148 valence electrons. The number of fused-ring (bicyclic) bond motifs is 1. The van der Waals surface area contributed by atoms with E-state index in [9.17, 15) is 8.42 Å². The zero-order valence-corrected chi connectivity index (χ0v) is 18.2. The van der Waals surface area contributed by atoms with Crippen LogP contribution in [0.1, 0.15) is 18.4 Å². The van der Waals surface area contributed by atoms with Crippen molar-refractivity contribution in [3.8, 4) is 5.19 Å². The molecule has 2 heterocycles. The largest absolute Gasteiger partial charge is 0.467 e. The number of nitrogens with zero attached hydrogens (tertiary/aromatic N) is 2. The lowest BCUT2D eigenvalue weighted by molar-refractivity contribution is 0.135. The number of hydrogen-bond donors (Lipinski definition) is 0. The molecule has 1 aliphatic heterocycles. The van der Waals surface area contributed by atoms with E-state index in [1.54, 1.807) is 25.1 Å². The Balaban J connectivity index is 1.45. The molecule has 0 radical (unpaired) electrons. The summed E-state index contributed by atoms with van der Waals surface area (Å²) in [7, 11) is -3.57. The summed E-state index contributed by atoms with van der Waals surface area (Å²) in [5.74, 6) is 0. The lowest BCUT2D eigenvalue weighted by atomic mass is 10.1. The summed E-state index contributed by atoms with van der Waals surface area (Å²) in [4.78, 5) is 4.72. The minimum Gasteiger partial charge on any atom is -0.467 e. The molecular weight excluding hydrogens is 439 g/mol. The van der Waals surface area contributed by atoms with E-state index in [0.717, 1.165) is 10.2 Å². The van der Waals surface area contributed by atoms with Gasteiger partial charge in [0.05, 0.1) is 14.6 Å². The molecule has 1 fully saturated rings. The Hall–Kier alpha value is -1.38. The highest BCUT2D eigenvalue weighted by Gasteiger charge is 2.31. The molecule has 0 aliphatic carbocycles. The van der Waals surface area contributed by atoms with E-state index in [1.807, 2.05) is 12.1 Å². The Kier molecular flexibility index (Phi) is 5.55.